The number of hydrogen-bond acceptors (Lipinski definition) is 6. The minimum atomic E-state index is -4.71. The molecule has 31 heavy (non-hydrogen) atoms. The quantitative estimate of drug-likeness (QED) is 0.200. The minimum absolute atomic E-state index is 0.00299. The van der Waals surface area contributed by atoms with Crippen molar-refractivity contribution in [2.24, 2.45) is 0 Å². The summed E-state index contributed by atoms with van der Waals surface area (Å²) in [4.78, 5) is 10.4. The molecule has 0 aliphatic rings. The summed E-state index contributed by atoms with van der Waals surface area (Å²) in [5.74, 6) is -0.282. The number of nitrogens with zero attached hydrogens (tertiary/aromatic N) is 4. The van der Waals surface area contributed by atoms with E-state index in [-0.39, 0.29) is 34.8 Å². The molecule has 0 amide bonds. The van der Waals surface area contributed by atoms with E-state index in [1.54, 1.807) is 6.07 Å². The van der Waals surface area contributed by atoms with E-state index >= 15 is 0 Å². The van der Waals surface area contributed by atoms with E-state index in [4.69, 9.17) is 4.74 Å². The Kier molecular flexibility index (Phi) is 6.59. The highest BCUT2D eigenvalue weighted by Gasteiger charge is 2.33. The van der Waals surface area contributed by atoms with Gasteiger partial charge in [0.1, 0.15) is 6.61 Å². The summed E-state index contributed by atoms with van der Waals surface area (Å²) >= 11 is 0.777. The van der Waals surface area contributed by atoms with Crippen LogP contribution in [0.3, 0.4) is 0 Å². The average Bonchev–Trinajstić information content (AvgIpc) is 3.08. The Morgan fingerprint density at radius 3 is 2.61 bits per heavy atom. The van der Waals surface area contributed by atoms with Gasteiger partial charge in [-0.1, -0.05) is 18.2 Å². The van der Waals surface area contributed by atoms with Gasteiger partial charge in [0.25, 0.3) is 5.69 Å². The third-order valence-electron chi connectivity index (χ3n) is 3.98. The van der Waals surface area contributed by atoms with Gasteiger partial charge in [0.15, 0.2) is 22.5 Å². The summed E-state index contributed by atoms with van der Waals surface area (Å²) in [5.41, 5.74) is -1.84. The van der Waals surface area contributed by atoms with Gasteiger partial charge >= 0.3 is 6.18 Å². The zero-order valence-electron chi connectivity index (χ0n) is 15.7. The number of allylic oxidation sites excluding steroid dienone is 1. The van der Waals surface area contributed by atoms with Crippen LogP contribution in [0.1, 0.15) is 11.4 Å². The summed E-state index contributed by atoms with van der Waals surface area (Å²) in [6.07, 6.45) is -3.20. The number of rotatable bonds is 8. The fraction of sp³-hybridized carbons (Fsp3) is 0.158. The standard InChI is InChI=1S/C19H14F4N4O3S/c1-2-9-26-17(11-30-15-6-4-3-5-13(15)20)24-25-18(26)31-16-8-7-12(19(21,22)23)10-14(16)27(28)29/h2-8,10H,1,9,11H2. The van der Waals surface area contributed by atoms with E-state index < -0.39 is 28.2 Å². The predicted octanol–water partition coefficient (Wildman–Crippen LogP) is 5.26. The summed E-state index contributed by atoms with van der Waals surface area (Å²) < 4.78 is 59.4. The van der Waals surface area contributed by atoms with Crippen LogP contribution in [-0.4, -0.2) is 19.7 Å². The van der Waals surface area contributed by atoms with E-state index in [9.17, 15) is 27.7 Å². The molecule has 12 heteroatoms. The molecule has 3 rings (SSSR count). The molecular formula is C19H14F4N4O3S. The van der Waals surface area contributed by atoms with Gasteiger partial charge in [0, 0.05) is 12.6 Å². The molecular weight excluding hydrogens is 440 g/mol. The average molecular weight is 454 g/mol. The van der Waals surface area contributed by atoms with Crippen molar-refractivity contribution in [2.45, 2.75) is 29.4 Å². The second kappa shape index (κ2) is 9.16. The predicted molar refractivity (Wildman–Crippen MR) is 103 cm³/mol. The molecule has 7 nitrogen and oxygen atoms in total. The van der Waals surface area contributed by atoms with Crippen molar-refractivity contribution >= 4 is 17.4 Å². The van der Waals surface area contributed by atoms with Gasteiger partial charge in [-0.05, 0) is 36.0 Å². The number of ether oxygens (including phenoxy) is 1. The topological polar surface area (TPSA) is 83.1 Å². The Morgan fingerprint density at radius 1 is 1.23 bits per heavy atom. The van der Waals surface area contributed by atoms with E-state index in [0.717, 1.165) is 23.9 Å². The maximum absolute atomic E-state index is 13.7. The first-order valence-corrected chi connectivity index (χ1v) is 9.46. The molecule has 3 aromatic rings. The molecule has 0 N–H and O–H groups in total. The van der Waals surface area contributed by atoms with Crippen molar-refractivity contribution in [1.82, 2.24) is 14.8 Å². The molecule has 0 bridgehead atoms. The lowest BCUT2D eigenvalue weighted by Crippen LogP contribution is -2.08. The second-order valence-electron chi connectivity index (χ2n) is 6.06. The van der Waals surface area contributed by atoms with E-state index in [2.05, 4.69) is 16.8 Å². The van der Waals surface area contributed by atoms with Crippen molar-refractivity contribution in [2.75, 3.05) is 0 Å². The highest BCUT2D eigenvalue weighted by atomic mass is 32.2. The molecule has 2 aromatic carbocycles. The third-order valence-corrected chi connectivity index (χ3v) is 5.03. The fourth-order valence-electron chi connectivity index (χ4n) is 2.54. The van der Waals surface area contributed by atoms with Crippen molar-refractivity contribution in [3.05, 3.63) is 82.4 Å². The number of nitro groups is 1. The van der Waals surface area contributed by atoms with Crippen LogP contribution in [0.25, 0.3) is 0 Å². The van der Waals surface area contributed by atoms with Crippen LogP contribution in [0.2, 0.25) is 0 Å². The highest BCUT2D eigenvalue weighted by molar-refractivity contribution is 7.99. The Morgan fingerprint density at radius 2 is 1.97 bits per heavy atom. The Hall–Kier alpha value is -3.41. The van der Waals surface area contributed by atoms with Gasteiger partial charge in [0.2, 0.25) is 0 Å². The van der Waals surface area contributed by atoms with E-state index in [1.807, 2.05) is 0 Å². The molecule has 0 aliphatic heterocycles. The number of para-hydroxylation sites is 1. The van der Waals surface area contributed by atoms with Gasteiger partial charge in [-0.15, -0.1) is 16.8 Å². The van der Waals surface area contributed by atoms with Crippen LogP contribution < -0.4 is 4.74 Å². The Bertz CT molecular complexity index is 1120. The smallest absolute Gasteiger partial charge is 0.416 e. The van der Waals surface area contributed by atoms with Crippen molar-refractivity contribution in [3.63, 3.8) is 0 Å². The summed E-state index contributed by atoms with van der Waals surface area (Å²) in [5, 5.41) is 19.4. The molecule has 1 aromatic heterocycles. The minimum Gasteiger partial charge on any atom is -0.483 e. The van der Waals surface area contributed by atoms with Gasteiger partial charge in [-0.3, -0.25) is 14.7 Å². The van der Waals surface area contributed by atoms with E-state index in [1.165, 1.54) is 28.8 Å². The van der Waals surface area contributed by atoms with Crippen molar-refractivity contribution in [1.29, 1.82) is 0 Å². The number of hydrogen-bond donors (Lipinski definition) is 0. The molecule has 0 fully saturated rings. The van der Waals surface area contributed by atoms with Crippen molar-refractivity contribution in [3.8, 4) is 5.75 Å². The highest BCUT2D eigenvalue weighted by Crippen LogP contribution is 2.39. The van der Waals surface area contributed by atoms with Gasteiger partial charge in [-0.25, -0.2) is 4.39 Å². The molecule has 0 radical (unpaired) electrons. The summed E-state index contributed by atoms with van der Waals surface area (Å²) in [6.45, 7) is 3.66. The maximum atomic E-state index is 13.7. The Balaban J connectivity index is 1.89. The molecule has 0 atom stereocenters. The number of benzene rings is 2. The number of nitro benzene ring substituents is 1. The summed E-state index contributed by atoms with van der Waals surface area (Å²) in [7, 11) is 0. The molecule has 0 saturated heterocycles. The monoisotopic (exact) mass is 454 g/mol. The first-order valence-electron chi connectivity index (χ1n) is 8.64. The zero-order valence-corrected chi connectivity index (χ0v) is 16.5. The number of aromatic nitrogens is 3. The van der Waals surface area contributed by atoms with Gasteiger partial charge < -0.3 is 4.74 Å². The van der Waals surface area contributed by atoms with Gasteiger partial charge in [0.05, 0.1) is 15.4 Å². The maximum Gasteiger partial charge on any atom is 0.416 e. The van der Waals surface area contributed by atoms with Crippen molar-refractivity contribution < 1.29 is 27.2 Å². The first-order chi connectivity index (χ1) is 14.7. The molecule has 1 heterocycles. The van der Waals surface area contributed by atoms with Gasteiger partial charge in [-0.2, -0.15) is 13.2 Å². The van der Waals surface area contributed by atoms with Crippen LogP contribution in [0.4, 0.5) is 23.2 Å². The SMILES string of the molecule is C=CCn1c(COc2ccccc2F)nnc1Sc1ccc(C(F)(F)F)cc1[N+](=O)[O-]. The lowest BCUT2D eigenvalue weighted by Gasteiger charge is -2.10. The molecule has 162 valence electrons. The third kappa shape index (κ3) is 5.20. The van der Waals surface area contributed by atoms with Crippen LogP contribution in [-0.2, 0) is 19.3 Å². The molecule has 0 spiro atoms. The lowest BCUT2D eigenvalue weighted by atomic mass is 10.2. The second-order valence-corrected chi connectivity index (χ2v) is 7.07. The lowest BCUT2D eigenvalue weighted by molar-refractivity contribution is -0.388. The molecule has 0 unspecified atom stereocenters. The Labute approximate surface area is 177 Å². The first kappa shape index (κ1) is 22.3. The van der Waals surface area contributed by atoms with Crippen LogP contribution in [0.5, 0.6) is 5.75 Å². The normalized spacial score (nSPS) is 11.4. The van der Waals surface area contributed by atoms with Crippen LogP contribution in [0.15, 0.2) is 65.2 Å². The largest absolute Gasteiger partial charge is 0.483 e. The van der Waals surface area contributed by atoms with Crippen LogP contribution >= 0.6 is 11.8 Å². The molecule has 0 saturated carbocycles. The van der Waals surface area contributed by atoms with E-state index in [0.29, 0.717) is 6.07 Å². The fourth-order valence-corrected chi connectivity index (χ4v) is 3.48. The summed E-state index contributed by atoms with van der Waals surface area (Å²) in [6, 6.07) is 8.00. The molecule has 0 aliphatic carbocycles. The zero-order chi connectivity index (χ0) is 22.6. The number of halogens is 4. The van der Waals surface area contributed by atoms with Crippen LogP contribution in [0, 0.1) is 15.9 Å². The number of alkyl halides is 3.